The lowest BCUT2D eigenvalue weighted by Crippen LogP contribution is -2.54. The van der Waals surface area contributed by atoms with E-state index >= 15 is 0 Å². The van der Waals surface area contributed by atoms with Crippen LogP contribution in [0, 0.1) is 11.8 Å². The van der Waals surface area contributed by atoms with Crippen LogP contribution >= 0.6 is 0 Å². The van der Waals surface area contributed by atoms with Crippen LogP contribution in [-0.4, -0.2) is 140 Å². The van der Waals surface area contributed by atoms with Crippen LogP contribution in [0.4, 0.5) is 0 Å². The number of aromatic nitrogens is 1. The number of piperidine rings is 4. The van der Waals surface area contributed by atoms with Gasteiger partial charge in [0, 0.05) is 130 Å². The van der Waals surface area contributed by atoms with Gasteiger partial charge >= 0.3 is 19.9 Å². The van der Waals surface area contributed by atoms with Crippen LogP contribution < -0.4 is 52.8 Å². The number of benzene rings is 8. The SMILES string of the molecule is NCc1cccc(C2CCN(C(=O)Cc3cc(=O)oc4cc5c(cc34)OB(/C=C/c3cccc(C(=O)N4CCC(c6cccc(CN)c6)CC4)c3)O5)CC2)c1.NCc1cccc(C2CCN(C(=O)c3cccc(O[C@H]4CC5CCC4C4OB(c6ccc7[nH]c(C(=O)N8CCC9(CC8)COc8ccc(CN)cc89)cc7c6)OC54)c3)CC2)c1. The number of hydrogen-bond acceptors (Lipinski definition) is 16. The number of rotatable bonds is 17. The lowest BCUT2D eigenvalue weighted by Gasteiger charge is -2.48. The number of likely N-dealkylation sites (tertiary alicyclic amines) is 4. The maximum absolute atomic E-state index is 13.8. The zero-order chi connectivity index (χ0) is 79.1. The maximum atomic E-state index is 13.8. The monoisotopic (exact) mass is 1560 g/mol. The lowest BCUT2D eigenvalue weighted by molar-refractivity contribution is -0.131. The molecule has 594 valence electrons. The third kappa shape index (κ3) is 15.8. The molecule has 20 rings (SSSR count). The Morgan fingerprint density at radius 2 is 1.11 bits per heavy atom. The number of nitrogens with zero attached hydrogens (tertiary/aromatic N) is 4. The van der Waals surface area contributed by atoms with Crippen LogP contribution in [0.1, 0.15) is 175 Å². The van der Waals surface area contributed by atoms with Gasteiger partial charge < -0.3 is 80.0 Å². The van der Waals surface area contributed by atoms with Crippen molar-refractivity contribution in [2.45, 2.75) is 145 Å². The van der Waals surface area contributed by atoms with Gasteiger partial charge in [0.1, 0.15) is 40.4 Å². The minimum Gasteiger partial charge on any atom is -0.520 e. The average molecular weight is 1560 g/mol. The van der Waals surface area contributed by atoms with Crippen molar-refractivity contribution in [2.75, 3.05) is 59.0 Å². The predicted molar refractivity (Wildman–Crippen MR) is 448 cm³/mol. The molecule has 5 saturated heterocycles. The number of carbonyl (C=O) groups excluding carboxylic acids is 4. The molecule has 4 amide bonds. The highest BCUT2D eigenvalue weighted by molar-refractivity contribution is 6.62. The average Bonchev–Trinajstić information content (AvgIpc) is 1.58. The van der Waals surface area contributed by atoms with Crippen molar-refractivity contribution in [3.05, 3.63) is 271 Å². The zero-order valence-electron chi connectivity index (χ0n) is 65.4. The Balaban J connectivity index is 0.000000162. The van der Waals surface area contributed by atoms with E-state index in [4.69, 9.17) is 55.4 Å². The van der Waals surface area contributed by atoms with Gasteiger partial charge in [0.2, 0.25) is 5.91 Å². The largest absolute Gasteiger partial charge is 0.625 e. The third-order valence-electron chi connectivity index (χ3n) is 26.2. The first-order valence-corrected chi connectivity index (χ1v) is 41.6. The van der Waals surface area contributed by atoms with Crippen LogP contribution in [-0.2, 0) is 52.1 Å². The van der Waals surface area contributed by atoms with Gasteiger partial charge in [-0.1, -0.05) is 121 Å². The van der Waals surface area contributed by atoms with Crippen LogP contribution in [0.5, 0.6) is 23.0 Å². The van der Waals surface area contributed by atoms with E-state index in [-0.39, 0.29) is 59.7 Å². The number of nitrogens with one attached hydrogen (secondary N) is 1. The lowest BCUT2D eigenvalue weighted by atomic mass is 9.65. The summed E-state index contributed by atoms with van der Waals surface area (Å²) in [5.74, 6) is 6.22. The van der Waals surface area contributed by atoms with E-state index in [0.717, 1.165) is 139 Å². The molecule has 21 nitrogen and oxygen atoms in total. The van der Waals surface area contributed by atoms with Gasteiger partial charge in [-0.2, -0.15) is 0 Å². The molecular weight excluding hydrogens is 1460 g/mol. The number of nitrogens with two attached hydrogens (primary N) is 4. The first-order valence-electron chi connectivity index (χ1n) is 41.6. The first kappa shape index (κ1) is 76.5. The first-order chi connectivity index (χ1) is 56.7. The molecular formula is C93H99B2N9O12. The van der Waals surface area contributed by atoms with E-state index in [0.29, 0.717) is 141 Å². The van der Waals surface area contributed by atoms with Crippen molar-refractivity contribution >= 4 is 71.3 Å². The molecule has 2 bridgehead atoms. The molecule has 10 aliphatic rings. The molecule has 23 heteroatoms. The molecule has 9 N–H and O–H groups in total. The number of H-pyrrole nitrogens is 1. The second-order valence-corrected chi connectivity index (χ2v) is 33.2. The van der Waals surface area contributed by atoms with Gasteiger partial charge in [-0.15, -0.1) is 0 Å². The summed E-state index contributed by atoms with van der Waals surface area (Å²) in [6, 6.07) is 59.9. The Hall–Kier alpha value is -10.8. The molecule has 9 heterocycles. The van der Waals surface area contributed by atoms with E-state index in [1.807, 2.05) is 123 Å². The van der Waals surface area contributed by atoms with Gasteiger partial charge in [-0.25, -0.2) is 4.79 Å². The van der Waals surface area contributed by atoms with Crippen molar-refractivity contribution in [3.8, 4) is 23.0 Å². The van der Waals surface area contributed by atoms with Crippen molar-refractivity contribution in [1.29, 1.82) is 0 Å². The summed E-state index contributed by atoms with van der Waals surface area (Å²) < 4.78 is 44.0. The van der Waals surface area contributed by atoms with Crippen molar-refractivity contribution < 1.29 is 51.7 Å². The number of hydrogen-bond donors (Lipinski definition) is 5. The molecule has 116 heavy (non-hydrogen) atoms. The van der Waals surface area contributed by atoms with Crippen LogP contribution in [0.15, 0.2) is 197 Å². The fourth-order valence-corrected chi connectivity index (χ4v) is 19.6. The van der Waals surface area contributed by atoms with Crippen LogP contribution in [0.25, 0.3) is 27.9 Å². The molecule has 10 aromatic rings. The Labute approximate surface area is 676 Å². The minimum absolute atomic E-state index is 0.0119. The van der Waals surface area contributed by atoms with Crippen LogP contribution in [0.3, 0.4) is 0 Å². The van der Waals surface area contributed by atoms with Crippen molar-refractivity contribution in [1.82, 2.24) is 24.6 Å². The summed E-state index contributed by atoms with van der Waals surface area (Å²) >= 11 is 0. The summed E-state index contributed by atoms with van der Waals surface area (Å²) in [5, 5.41) is 1.59. The van der Waals surface area contributed by atoms with Crippen molar-refractivity contribution in [2.24, 2.45) is 34.8 Å². The highest BCUT2D eigenvalue weighted by Crippen LogP contribution is 2.50. The molecule has 1 spiro atoms. The molecule has 8 fully saturated rings. The smallest absolute Gasteiger partial charge is 0.520 e. The standard InChI is InChI=1S/C49H54BN5O6.C44H45BN4O6/c51-27-30-3-1-4-33(21-30)32-13-17-54(18-14-32)47(56)35-5-2-6-38(24-35)59-44-26-34-8-10-39(44)46-45(34)60-50(61-46)37-9-11-41-36(23-37)25-42(53-41)48(57)55-19-15-49(16-20-55)29-58-43-12-7-31(28-52)22-40(43)49;46-27-30-5-2-7-34(21-30)32-11-16-48(17-12-32)42(50)23-37-24-43(51)53-39-26-41-40(25-38(37)39)54-45(55-41)15-10-29-4-1-9-36(20-29)44(52)49-18-13-33(14-19-49)35-8-3-6-31(22-35)28-47/h1-7,9,11-12,21-25,32,34,39,44-46,53H,8,10,13-20,26-29,51-52H2;1-10,15,20-22,24-26,32-33H,11-14,16-19,23,27-28,46-47H2/b;15-10+/t34?,39?,44-,45?,46?;/m0./s1. The van der Waals surface area contributed by atoms with E-state index in [1.54, 1.807) is 18.1 Å². The van der Waals surface area contributed by atoms with Gasteiger partial charge in [-0.05, 0) is 216 Å². The summed E-state index contributed by atoms with van der Waals surface area (Å²) in [7, 11) is -1.22. The predicted octanol–water partition coefficient (Wildman–Crippen LogP) is 12.2. The van der Waals surface area contributed by atoms with Gasteiger partial charge in [0.05, 0.1) is 25.2 Å². The van der Waals surface area contributed by atoms with E-state index in [1.165, 1.54) is 28.3 Å². The topological polar surface area (TPSA) is 287 Å². The summed E-state index contributed by atoms with van der Waals surface area (Å²) in [5.41, 5.74) is 38.1. The number of carbonyl (C=O) groups is 4. The second kappa shape index (κ2) is 33.1. The summed E-state index contributed by atoms with van der Waals surface area (Å²) in [6.45, 7) is 8.23. The Kier molecular flexibility index (Phi) is 21.8. The minimum atomic E-state index is -0.730. The molecule has 5 atom stereocenters. The maximum Gasteiger partial charge on any atom is 0.625 e. The number of aromatic amines is 1. The molecule has 7 aliphatic heterocycles. The van der Waals surface area contributed by atoms with E-state index < -0.39 is 19.9 Å². The molecule has 3 aliphatic carbocycles. The van der Waals surface area contributed by atoms with Gasteiger partial charge in [0.25, 0.3) is 17.7 Å². The number of ether oxygens (including phenoxy) is 2. The Morgan fingerprint density at radius 3 is 1.75 bits per heavy atom. The van der Waals surface area contributed by atoms with E-state index in [9.17, 15) is 24.0 Å². The fraction of sp³-hybridized carbons (Fsp3) is 0.366. The molecule has 8 aromatic carbocycles. The molecule has 2 aromatic heterocycles. The third-order valence-corrected chi connectivity index (χ3v) is 26.2. The Bertz CT molecular complexity index is 5450. The quantitative estimate of drug-likeness (QED) is 0.0418. The highest BCUT2D eigenvalue weighted by Gasteiger charge is 2.57. The summed E-state index contributed by atoms with van der Waals surface area (Å²) in [6.07, 6.45) is 12.0. The highest BCUT2D eigenvalue weighted by atomic mass is 16.7. The van der Waals surface area contributed by atoms with Gasteiger partial charge in [-0.3, -0.25) is 19.2 Å². The molecule has 3 saturated carbocycles. The summed E-state index contributed by atoms with van der Waals surface area (Å²) in [4.78, 5) is 78.3. The zero-order valence-corrected chi connectivity index (χ0v) is 65.4. The van der Waals surface area contributed by atoms with E-state index in [2.05, 4.69) is 71.7 Å². The molecule has 0 radical (unpaired) electrons. The number of fused-ring (bicyclic) bond motifs is 7. The molecule has 4 unspecified atom stereocenters. The Morgan fingerprint density at radius 1 is 0.534 bits per heavy atom. The second-order valence-electron chi connectivity index (χ2n) is 33.2. The number of amides is 4. The van der Waals surface area contributed by atoms with Gasteiger partial charge in [0.15, 0.2) is 0 Å². The van der Waals surface area contributed by atoms with Crippen molar-refractivity contribution in [3.63, 3.8) is 0 Å². The normalized spacial score (nSPS) is 21.2. The fourth-order valence-electron chi connectivity index (χ4n) is 19.6. The van der Waals surface area contributed by atoms with Crippen LogP contribution in [0.2, 0.25) is 0 Å².